The number of alkyl halides is 4. The van der Waals surface area contributed by atoms with Crippen molar-refractivity contribution in [2.45, 2.75) is 12.6 Å². The van der Waals surface area contributed by atoms with Crippen LogP contribution < -0.4 is 4.72 Å². The Bertz CT molecular complexity index is 546. The normalized spacial score (nSPS) is 12.5. The van der Waals surface area contributed by atoms with Crippen LogP contribution in [0.5, 0.6) is 0 Å². The molecular weight excluding hydrogens is 326 g/mol. The Balaban J connectivity index is 2.99. The van der Waals surface area contributed by atoms with E-state index in [1.807, 2.05) is 4.72 Å². The summed E-state index contributed by atoms with van der Waals surface area (Å²) in [6.07, 6.45) is -4.40. The minimum atomic E-state index is -4.60. The van der Waals surface area contributed by atoms with E-state index in [0.717, 1.165) is 12.1 Å². The van der Waals surface area contributed by atoms with E-state index in [2.05, 4.69) is 0 Å². The molecule has 0 aliphatic heterocycles. The van der Waals surface area contributed by atoms with Crippen LogP contribution in [-0.4, -0.2) is 20.1 Å². The molecular formula is C10H10Cl2F3NO2S. The fourth-order valence-corrected chi connectivity index (χ4v) is 2.92. The Kier molecular flexibility index (Phi) is 5.34. The molecule has 1 rings (SSSR count). The Hall–Kier alpha value is -0.660. The van der Waals surface area contributed by atoms with Crippen LogP contribution in [0.3, 0.4) is 0 Å². The largest absolute Gasteiger partial charge is 0.416 e. The van der Waals surface area contributed by atoms with Crippen LogP contribution in [0.4, 0.5) is 18.9 Å². The predicted molar refractivity (Wildman–Crippen MR) is 69.2 cm³/mol. The van der Waals surface area contributed by atoms with Crippen LogP contribution in [0, 0.1) is 0 Å². The van der Waals surface area contributed by atoms with E-state index in [1.54, 1.807) is 0 Å². The van der Waals surface area contributed by atoms with E-state index < -0.39 is 21.8 Å². The second kappa shape index (κ2) is 6.19. The Morgan fingerprint density at radius 2 is 1.84 bits per heavy atom. The summed E-state index contributed by atoms with van der Waals surface area (Å²) in [5.41, 5.74) is -1.25. The van der Waals surface area contributed by atoms with Gasteiger partial charge in [-0.3, -0.25) is 4.72 Å². The van der Waals surface area contributed by atoms with Crippen molar-refractivity contribution in [2.75, 3.05) is 16.4 Å². The van der Waals surface area contributed by atoms with Crippen LogP contribution in [0.1, 0.15) is 12.0 Å². The van der Waals surface area contributed by atoms with Crippen molar-refractivity contribution >= 4 is 38.9 Å². The number of anilines is 1. The maximum Gasteiger partial charge on any atom is 0.416 e. The molecule has 0 aromatic heterocycles. The van der Waals surface area contributed by atoms with E-state index in [9.17, 15) is 21.6 Å². The molecule has 19 heavy (non-hydrogen) atoms. The molecule has 0 radical (unpaired) electrons. The summed E-state index contributed by atoms with van der Waals surface area (Å²) in [4.78, 5) is 0. The quantitative estimate of drug-likeness (QED) is 0.833. The fourth-order valence-electron chi connectivity index (χ4n) is 1.29. The molecule has 1 aromatic carbocycles. The van der Waals surface area contributed by atoms with Crippen molar-refractivity contribution in [1.82, 2.24) is 0 Å². The molecule has 0 saturated heterocycles. The van der Waals surface area contributed by atoms with Gasteiger partial charge in [-0.2, -0.15) is 13.2 Å². The summed E-state index contributed by atoms with van der Waals surface area (Å²) in [6, 6.07) is 2.51. The van der Waals surface area contributed by atoms with Gasteiger partial charge < -0.3 is 0 Å². The first-order valence-corrected chi connectivity index (χ1v) is 7.65. The molecule has 0 fully saturated rings. The van der Waals surface area contributed by atoms with Crippen LogP contribution >= 0.6 is 23.2 Å². The summed E-state index contributed by atoms with van der Waals surface area (Å²) in [7, 11) is -3.74. The molecule has 0 aliphatic carbocycles. The van der Waals surface area contributed by atoms with Gasteiger partial charge in [0, 0.05) is 10.9 Å². The lowest BCUT2D eigenvalue weighted by Crippen LogP contribution is -2.17. The van der Waals surface area contributed by atoms with Gasteiger partial charge in [-0.25, -0.2) is 8.42 Å². The van der Waals surface area contributed by atoms with Gasteiger partial charge in [0.2, 0.25) is 10.0 Å². The monoisotopic (exact) mass is 335 g/mol. The molecule has 1 N–H and O–H groups in total. The molecule has 1 aromatic rings. The third-order valence-electron chi connectivity index (χ3n) is 2.05. The zero-order valence-corrected chi connectivity index (χ0v) is 11.8. The SMILES string of the molecule is O=S(=O)(CCCCl)Nc1cc(Cl)cc(C(F)(F)F)c1. The van der Waals surface area contributed by atoms with Crippen molar-refractivity contribution in [3.05, 3.63) is 28.8 Å². The van der Waals surface area contributed by atoms with Crippen LogP contribution in [0.25, 0.3) is 0 Å². The average Bonchev–Trinajstić information content (AvgIpc) is 2.23. The fraction of sp³-hybridized carbons (Fsp3) is 0.400. The zero-order chi connectivity index (χ0) is 14.7. The summed E-state index contributed by atoms with van der Waals surface area (Å²) < 4.78 is 62.7. The van der Waals surface area contributed by atoms with Gasteiger partial charge in [0.25, 0.3) is 0 Å². The highest BCUT2D eigenvalue weighted by atomic mass is 35.5. The summed E-state index contributed by atoms with van der Waals surface area (Å²) in [5, 5.41) is -0.204. The molecule has 108 valence electrons. The maximum absolute atomic E-state index is 12.5. The smallest absolute Gasteiger partial charge is 0.283 e. The Labute approximate surface area is 118 Å². The Morgan fingerprint density at radius 1 is 1.21 bits per heavy atom. The highest BCUT2D eigenvalue weighted by Gasteiger charge is 2.31. The van der Waals surface area contributed by atoms with Crippen molar-refractivity contribution in [3.63, 3.8) is 0 Å². The molecule has 0 amide bonds. The summed E-state index contributed by atoms with van der Waals surface area (Å²) >= 11 is 10.9. The van der Waals surface area contributed by atoms with E-state index in [1.165, 1.54) is 0 Å². The number of nitrogens with one attached hydrogen (secondary N) is 1. The molecule has 0 spiro atoms. The van der Waals surface area contributed by atoms with Crippen molar-refractivity contribution in [1.29, 1.82) is 0 Å². The molecule has 0 bridgehead atoms. The average molecular weight is 336 g/mol. The molecule has 0 saturated carbocycles. The van der Waals surface area contributed by atoms with Crippen LogP contribution in [0.2, 0.25) is 5.02 Å². The maximum atomic E-state index is 12.5. The zero-order valence-electron chi connectivity index (χ0n) is 9.47. The summed E-state index contributed by atoms with van der Waals surface area (Å²) in [6.45, 7) is 0. The van der Waals surface area contributed by atoms with Crippen molar-refractivity contribution < 1.29 is 21.6 Å². The van der Waals surface area contributed by atoms with Crippen molar-refractivity contribution in [3.8, 4) is 0 Å². The number of hydrogen-bond acceptors (Lipinski definition) is 2. The van der Waals surface area contributed by atoms with Gasteiger partial charge in [0.15, 0.2) is 0 Å². The standard InChI is InChI=1S/C10H10Cl2F3NO2S/c11-2-1-3-19(17,18)16-9-5-7(10(13,14)15)4-8(12)6-9/h4-6,16H,1-3H2. The van der Waals surface area contributed by atoms with Gasteiger partial charge >= 0.3 is 6.18 Å². The highest BCUT2D eigenvalue weighted by Crippen LogP contribution is 2.33. The van der Waals surface area contributed by atoms with Gasteiger partial charge in [-0.1, -0.05) is 11.6 Å². The molecule has 3 nitrogen and oxygen atoms in total. The lowest BCUT2D eigenvalue weighted by Gasteiger charge is -2.11. The lowest BCUT2D eigenvalue weighted by atomic mass is 10.2. The first-order chi connectivity index (χ1) is 8.64. The summed E-state index contributed by atoms with van der Waals surface area (Å²) in [5.74, 6) is -0.130. The van der Waals surface area contributed by atoms with Crippen LogP contribution in [0.15, 0.2) is 18.2 Å². The highest BCUT2D eigenvalue weighted by molar-refractivity contribution is 7.92. The minimum Gasteiger partial charge on any atom is -0.283 e. The molecule has 0 atom stereocenters. The van der Waals surface area contributed by atoms with E-state index >= 15 is 0 Å². The van der Waals surface area contributed by atoms with Crippen molar-refractivity contribution in [2.24, 2.45) is 0 Å². The molecule has 0 heterocycles. The Morgan fingerprint density at radius 3 is 2.37 bits per heavy atom. The van der Waals surface area contributed by atoms with Gasteiger partial charge in [0.05, 0.1) is 17.0 Å². The lowest BCUT2D eigenvalue weighted by molar-refractivity contribution is -0.137. The first kappa shape index (κ1) is 16.4. The molecule has 0 unspecified atom stereocenters. The molecule has 9 heteroatoms. The van der Waals surface area contributed by atoms with Crippen LogP contribution in [-0.2, 0) is 16.2 Å². The first-order valence-electron chi connectivity index (χ1n) is 5.08. The second-order valence-electron chi connectivity index (χ2n) is 3.69. The second-order valence-corrected chi connectivity index (χ2v) is 6.35. The van der Waals surface area contributed by atoms with Gasteiger partial charge in [-0.15, -0.1) is 11.6 Å². The third kappa shape index (κ3) is 5.46. The number of halogens is 5. The van der Waals surface area contributed by atoms with E-state index in [4.69, 9.17) is 23.2 Å². The van der Waals surface area contributed by atoms with Gasteiger partial charge in [-0.05, 0) is 24.6 Å². The number of hydrogen-bond donors (Lipinski definition) is 1. The molecule has 0 aliphatic rings. The van der Waals surface area contributed by atoms with Gasteiger partial charge in [0.1, 0.15) is 0 Å². The number of benzene rings is 1. The topological polar surface area (TPSA) is 46.2 Å². The third-order valence-corrected chi connectivity index (χ3v) is 3.90. The number of rotatable bonds is 5. The van der Waals surface area contributed by atoms with E-state index in [-0.39, 0.29) is 28.8 Å². The minimum absolute atomic E-state index is 0.143. The van der Waals surface area contributed by atoms with E-state index in [0.29, 0.717) is 6.07 Å². The number of sulfonamides is 1. The predicted octanol–water partition coefficient (Wildman–Crippen LogP) is 3.73.